The fourth-order valence-electron chi connectivity index (χ4n) is 1.98. The Kier molecular flexibility index (Phi) is 4.47. The Labute approximate surface area is 130 Å². The van der Waals surface area contributed by atoms with Crippen molar-refractivity contribution in [2.45, 2.75) is 40.0 Å². The Bertz CT molecular complexity index is 659. The third-order valence-electron chi connectivity index (χ3n) is 3.68. The van der Waals surface area contributed by atoms with Crippen molar-refractivity contribution < 1.29 is 9.53 Å². The molecule has 21 heavy (non-hydrogen) atoms. The predicted octanol–water partition coefficient (Wildman–Crippen LogP) is 4.27. The first-order valence-corrected chi connectivity index (χ1v) is 7.95. The monoisotopic (exact) mass is 303 g/mol. The maximum absolute atomic E-state index is 12.1. The van der Waals surface area contributed by atoms with Gasteiger partial charge in [-0.15, -0.1) is 11.3 Å². The van der Waals surface area contributed by atoms with Crippen LogP contribution in [0.1, 0.15) is 37.6 Å². The van der Waals surface area contributed by atoms with Crippen LogP contribution in [0.25, 0.3) is 10.6 Å². The zero-order valence-corrected chi connectivity index (χ0v) is 14.0. The Morgan fingerprint density at radius 3 is 2.62 bits per heavy atom. The molecule has 3 nitrogen and oxygen atoms in total. The minimum Gasteiger partial charge on any atom is -0.465 e. The van der Waals surface area contributed by atoms with Crippen LogP contribution in [0, 0.1) is 13.8 Å². The van der Waals surface area contributed by atoms with Crippen molar-refractivity contribution in [1.82, 2.24) is 4.98 Å². The van der Waals surface area contributed by atoms with Gasteiger partial charge >= 0.3 is 5.97 Å². The number of aromatic nitrogens is 1. The molecule has 0 amide bonds. The van der Waals surface area contributed by atoms with E-state index < -0.39 is 5.41 Å². The minimum absolute atomic E-state index is 0.234. The van der Waals surface area contributed by atoms with E-state index in [0.717, 1.165) is 16.3 Å². The maximum Gasteiger partial charge on any atom is 0.317 e. The third-order valence-corrected chi connectivity index (χ3v) is 4.58. The molecular weight excluding hydrogens is 282 g/mol. The molecule has 0 spiro atoms. The van der Waals surface area contributed by atoms with Crippen LogP contribution in [0.2, 0.25) is 0 Å². The van der Waals surface area contributed by atoms with Crippen LogP contribution < -0.4 is 0 Å². The molecule has 0 saturated heterocycles. The molecule has 2 aromatic rings. The number of hydrogen-bond acceptors (Lipinski definition) is 4. The maximum atomic E-state index is 12.1. The van der Waals surface area contributed by atoms with Gasteiger partial charge in [-0.25, -0.2) is 4.98 Å². The molecule has 0 radical (unpaired) electrons. The smallest absolute Gasteiger partial charge is 0.317 e. The summed E-state index contributed by atoms with van der Waals surface area (Å²) < 4.78 is 5.14. The van der Waals surface area contributed by atoms with E-state index in [1.54, 1.807) is 11.3 Å². The molecule has 1 heterocycles. The Balaban J connectivity index is 2.33. The van der Waals surface area contributed by atoms with Crippen molar-refractivity contribution >= 4 is 17.3 Å². The lowest BCUT2D eigenvalue weighted by Gasteiger charge is -2.19. The number of aryl methyl sites for hydroxylation is 2. The van der Waals surface area contributed by atoms with Crippen LogP contribution in [0.4, 0.5) is 0 Å². The number of rotatable bonds is 4. The number of esters is 1. The summed E-state index contributed by atoms with van der Waals surface area (Å²) in [7, 11) is 0. The van der Waals surface area contributed by atoms with E-state index in [-0.39, 0.29) is 5.97 Å². The Hall–Kier alpha value is -1.68. The molecule has 2 rings (SSSR count). The summed E-state index contributed by atoms with van der Waals surface area (Å²) in [6.45, 7) is 10.1. The SMILES string of the molecule is CCOC(=O)C(C)(C)c1csc(-c2ccc(C)c(C)c2)n1. The molecular formula is C17H21NO2S. The predicted molar refractivity (Wildman–Crippen MR) is 86.7 cm³/mol. The van der Waals surface area contributed by atoms with Crippen molar-refractivity contribution in [2.24, 2.45) is 0 Å². The van der Waals surface area contributed by atoms with Gasteiger partial charge in [-0.1, -0.05) is 12.1 Å². The van der Waals surface area contributed by atoms with Crippen LogP contribution in [0.15, 0.2) is 23.6 Å². The lowest BCUT2D eigenvalue weighted by atomic mass is 9.90. The standard InChI is InChI=1S/C17H21NO2S/c1-6-20-16(19)17(4,5)14-10-21-15(18-14)13-8-7-11(2)12(3)9-13/h7-10H,6H2,1-5H3. The molecule has 0 saturated carbocycles. The fourth-order valence-corrected chi connectivity index (χ4v) is 2.97. The van der Waals surface area contributed by atoms with Gasteiger partial charge in [0, 0.05) is 10.9 Å². The van der Waals surface area contributed by atoms with Gasteiger partial charge < -0.3 is 4.74 Å². The van der Waals surface area contributed by atoms with Gasteiger partial charge in [-0.2, -0.15) is 0 Å². The normalized spacial score (nSPS) is 11.5. The lowest BCUT2D eigenvalue weighted by molar-refractivity contribution is -0.148. The van der Waals surface area contributed by atoms with Crippen molar-refractivity contribution in [3.05, 3.63) is 40.4 Å². The van der Waals surface area contributed by atoms with E-state index in [4.69, 9.17) is 4.74 Å². The summed E-state index contributed by atoms with van der Waals surface area (Å²) in [6.07, 6.45) is 0. The first-order chi connectivity index (χ1) is 9.86. The quantitative estimate of drug-likeness (QED) is 0.792. The van der Waals surface area contributed by atoms with E-state index in [2.05, 4.69) is 37.0 Å². The van der Waals surface area contributed by atoms with E-state index >= 15 is 0 Å². The van der Waals surface area contributed by atoms with Gasteiger partial charge in [0.2, 0.25) is 0 Å². The highest BCUT2D eigenvalue weighted by Gasteiger charge is 2.34. The van der Waals surface area contributed by atoms with Crippen molar-refractivity contribution in [3.63, 3.8) is 0 Å². The zero-order valence-electron chi connectivity index (χ0n) is 13.2. The van der Waals surface area contributed by atoms with Crippen LogP contribution >= 0.6 is 11.3 Å². The van der Waals surface area contributed by atoms with Gasteiger partial charge in [-0.05, 0) is 51.8 Å². The number of nitrogens with zero attached hydrogens (tertiary/aromatic N) is 1. The van der Waals surface area contributed by atoms with E-state index in [9.17, 15) is 4.79 Å². The summed E-state index contributed by atoms with van der Waals surface area (Å²) in [6, 6.07) is 6.31. The average molecular weight is 303 g/mol. The summed E-state index contributed by atoms with van der Waals surface area (Å²) in [4.78, 5) is 16.7. The summed E-state index contributed by atoms with van der Waals surface area (Å²) in [5, 5.41) is 2.88. The summed E-state index contributed by atoms with van der Waals surface area (Å²) in [5.41, 5.74) is 3.65. The highest BCUT2D eigenvalue weighted by Crippen LogP contribution is 2.31. The van der Waals surface area contributed by atoms with E-state index in [1.165, 1.54) is 11.1 Å². The van der Waals surface area contributed by atoms with Crippen LogP contribution in [-0.2, 0) is 14.9 Å². The van der Waals surface area contributed by atoms with Crippen LogP contribution in [0.3, 0.4) is 0 Å². The summed E-state index contributed by atoms with van der Waals surface area (Å²) in [5.74, 6) is -0.234. The molecule has 0 aliphatic heterocycles. The van der Waals surface area contributed by atoms with Gasteiger partial charge in [-0.3, -0.25) is 4.79 Å². The fraction of sp³-hybridized carbons (Fsp3) is 0.412. The van der Waals surface area contributed by atoms with Crippen molar-refractivity contribution in [2.75, 3.05) is 6.61 Å². The Morgan fingerprint density at radius 1 is 1.29 bits per heavy atom. The highest BCUT2D eigenvalue weighted by molar-refractivity contribution is 7.13. The molecule has 112 valence electrons. The molecule has 1 aromatic carbocycles. The van der Waals surface area contributed by atoms with Gasteiger partial charge in [0.25, 0.3) is 0 Å². The molecule has 0 atom stereocenters. The number of hydrogen-bond donors (Lipinski definition) is 0. The number of ether oxygens (including phenoxy) is 1. The second-order valence-corrected chi connectivity index (χ2v) is 6.54. The topological polar surface area (TPSA) is 39.2 Å². The molecule has 0 unspecified atom stereocenters. The first-order valence-electron chi connectivity index (χ1n) is 7.07. The molecule has 0 fully saturated rings. The molecule has 0 bridgehead atoms. The molecule has 4 heteroatoms. The van der Waals surface area contributed by atoms with Gasteiger partial charge in [0.05, 0.1) is 12.3 Å². The molecule has 0 aliphatic carbocycles. The molecule has 1 aromatic heterocycles. The highest BCUT2D eigenvalue weighted by atomic mass is 32.1. The zero-order chi connectivity index (χ0) is 15.6. The number of carbonyl (C=O) groups is 1. The summed E-state index contributed by atoms with van der Waals surface area (Å²) >= 11 is 1.56. The van der Waals surface area contributed by atoms with Crippen molar-refractivity contribution in [1.29, 1.82) is 0 Å². The van der Waals surface area contributed by atoms with Crippen LogP contribution in [-0.4, -0.2) is 17.6 Å². The third kappa shape index (κ3) is 3.16. The minimum atomic E-state index is -0.718. The first kappa shape index (κ1) is 15.7. The molecule has 0 N–H and O–H groups in total. The molecule has 0 aliphatic rings. The number of carbonyl (C=O) groups excluding carboxylic acids is 1. The average Bonchev–Trinajstić information content (AvgIpc) is 2.92. The van der Waals surface area contributed by atoms with Gasteiger partial charge in [0.1, 0.15) is 10.4 Å². The van der Waals surface area contributed by atoms with Crippen LogP contribution in [0.5, 0.6) is 0 Å². The number of benzene rings is 1. The van der Waals surface area contributed by atoms with Crippen molar-refractivity contribution in [3.8, 4) is 10.6 Å². The Morgan fingerprint density at radius 2 is 2.00 bits per heavy atom. The van der Waals surface area contributed by atoms with E-state index in [1.807, 2.05) is 26.2 Å². The second-order valence-electron chi connectivity index (χ2n) is 5.68. The van der Waals surface area contributed by atoms with Gasteiger partial charge in [0.15, 0.2) is 0 Å². The second kappa shape index (κ2) is 5.98. The lowest BCUT2D eigenvalue weighted by Crippen LogP contribution is -2.31. The number of thiazole rings is 1. The largest absolute Gasteiger partial charge is 0.465 e. The van der Waals surface area contributed by atoms with E-state index in [0.29, 0.717) is 6.61 Å².